The van der Waals surface area contributed by atoms with Crippen LogP contribution in [0.3, 0.4) is 0 Å². The molecule has 0 saturated heterocycles. The number of nitrogens with two attached hydrogens (primary N) is 1. The van der Waals surface area contributed by atoms with Crippen LogP contribution in [0, 0.1) is 5.92 Å². The molecular weight excluding hydrogens is 264 g/mol. The van der Waals surface area contributed by atoms with Gasteiger partial charge < -0.3 is 10.7 Å². The minimum Gasteiger partial charge on any atom is -0.332 e. The van der Waals surface area contributed by atoms with Crippen molar-refractivity contribution in [1.82, 2.24) is 14.3 Å². The first kappa shape index (κ1) is 16.1. The molecule has 0 spiro atoms. The van der Waals surface area contributed by atoms with Gasteiger partial charge in [-0.1, -0.05) is 20.8 Å². The van der Waals surface area contributed by atoms with Gasteiger partial charge in [-0.05, 0) is 18.9 Å². The highest BCUT2D eigenvalue weighted by Gasteiger charge is 2.26. The Bertz CT molecular complexity index is 482. The van der Waals surface area contributed by atoms with E-state index in [-0.39, 0.29) is 10.9 Å². The van der Waals surface area contributed by atoms with E-state index in [1.54, 1.807) is 0 Å². The summed E-state index contributed by atoms with van der Waals surface area (Å²) in [5.74, 6) is 0.947. The Hall–Kier alpha value is -0.920. The van der Waals surface area contributed by atoms with Crippen molar-refractivity contribution in [3.8, 4) is 0 Å². The number of imidazole rings is 1. The molecule has 0 atom stereocenters. The maximum Gasteiger partial charge on any atom is 0.260 e. The van der Waals surface area contributed by atoms with Crippen molar-refractivity contribution in [1.29, 1.82) is 0 Å². The number of hydrogen-bond acceptors (Lipinski definition) is 4. The standard InChI is InChI=1S/C12H24N4O2S/c1-4-11-14-8-12(15-11)19(17,18)16(7-5-6-13)9-10(2)3/h8,10H,4-7,9,13H2,1-3H3,(H,14,15). The zero-order valence-corrected chi connectivity index (χ0v) is 12.7. The summed E-state index contributed by atoms with van der Waals surface area (Å²) < 4.78 is 26.5. The third kappa shape index (κ3) is 4.29. The Morgan fingerprint density at radius 2 is 2.16 bits per heavy atom. The SMILES string of the molecule is CCc1ncc(S(=O)(=O)N(CCCN)CC(C)C)[nH]1. The number of rotatable bonds is 8. The van der Waals surface area contributed by atoms with Gasteiger partial charge in [0.15, 0.2) is 5.03 Å². The van der Waals surface area contributed by atoms with Crippen molar-refractivity contribution >= 4 is 10.0 Å². The van der Waals surface area contributed by atoms with Gasteiger partial charge in [0.25, 0.3) is 10.0 Å². The Labute approximate surface area is 115 Å². The van der Waals surface area contributed by atoms with Crippen LogP contribution in [0.1, 0.15) is 33.0 Å². The fourth-order valence-corrected chi connectivity index (χ4v) is 3.35. The van der Waals surface area contributed by atoms with Gasteiger partial charge in [-0.25, -0.2) is 13.4 Å². The molecule has 0 aliphatic heterocycles. The predicted molar refractivity (Wildman–Crippen MR) is 75.2 cm³/mol. The summed E-state index contributed by atoms with van der Waals surface area (Å²) >= 11 is 0. The smallest absolute Gasteiger partial charge is 0.260 e. The largest absolute Gasteiger partial charge is 0.332 e. The molecule has 0 aliphatic rings. The number of H-pyrrole nitrogens is 1. The minimum absolute atomic E-state index is 0.169. The number of hydrogen-bond donors (Lipinski definition) is 2. The van der Waals surface area contributed by atoms with Gasteiger partial charge in [-0.3, -0.25) is 0 Å². The Morgan fingerprint density at radius 3 is 2.63 bits per heavy atom. The lowest BCUT2D eigenvalue weighted by molar-refractivity contribution is 0.363. The van der Waals surface area contributed by atoms with E-state index in [0.29, 0.717) is 38.3 Å². The maximum absolute atomic E-state index is 12.5. The molecule has 0 aliphatic carbocycles. The molecule has 0 saturated carbocycles. The number of aromatic amines is 1. The second-order valence-corrected chi connectivity index (χ2v) is 6.85. The van der Waals surface area contributed by atoms with Gasteiger partial charge in [0.1, 0.15) is 5.82 Å². The Balaban J connectivity index is 2.96. The predicted octanol–water partition coefficient (Wildman–Crippen LogP) is 0.968. The number of aromatic nitrogens is 2. The van der Waals surface area contributed by atoms with E-state index in [1.807, 2.05) is 20.8 Å². The molecule has 6 nitrogen and oxygen atoms in total. The third-order valence-corrected chi connectivity index (χ3v) is 4.51. The average Bonchev–Trinajstić information content (AvgIpc) is 2.83. The van der Waals surface area contributed by atoms with Crippen molar-refractivity contribution in [2.45, 2.75) is 38.6 Å². The summed E-state index contributed by atoms with van der Waals surface area (Å²) in [5, 5.41) is 0.169. The van der Waals surface area contributed by atoms with E-state index in [9.17, 15) is 8.42 Å². The summed E-state index contributed by atoms with van der Waals surface area (Å²) in [5.41, 5.74) is 5.47. The number of aryl methyl sites for hydroxylation is 1. The fraction of sp³-hybridized carbons (Fsp3) is 0.750. The molecule has 3 N–H and O–H groups in total. The van der Waals surface area contributed by atoms with Crippen molar-refractivity contribution in [2.24, 2.45) is 11.7 Å². The lowest BCUT2D eigenvalue weighted by Gasteiger charge is -2.22. The lowest BCUT2D eigenvalue weighted by atomic mass is 10.2. The molecule has 1 aromatic rings. The monoisotopic (exact) mass is 288 g/mol. The molecule has 0 bridgehead atoms. The van der Waals surface area contributed by atoms with Gasteiger partial charge in [0, 0.05) is 19.5 Å². The normalized spacial score (nSPS) is 12.5. The zero-order valence-electron chi connectivity index (χ0n) is 11.9. The van der Waals surface area contributed by atoms with E-state index in [1.165, 1.54) is 10.5 Å². The summed E-state index contributed by atoms with van der Waals surface area (Å²) in [6.07, 6.45) is 2.73. The van der Waals surface area contributed by atoms with Gasteiger partial charge in [0.2, 0.25) is 0 Å². The first-order valence-corrected chi connectivity index (χ1v) is 8.09. The van der Waals surface area contributed by atoms with Gasteiger partial charge >= 0.3 is 0 Å². The Kier molecular flexibility index (Phi) is 5.96. The van der Waals surface area contributed by atoms with Crippen molar-refractivity contribution in [2.75, 3.05) is 19.6 Å². The summed E-state index contributed by atoms with van der Waals surface area (Å²) in [7, 11) is -3.50. The van der Waals surface area contributed by atoms with Crippen molar-refractivity contribution in [3.05, 3.63) is 12.0 Å². The summed E-state index contributed by atoms with van der Waals surface area (Å²) in [6.45, 7) is 7.33. The first-order valence-electron chi connectivity index (χ1n) is 6.65. The van der Waals surface area contributed by atoms with Gasteiger partial charge in [-0.15, -0.1) is 0 Å². The summed E-state index contributed by atoms with van der Waals surface area (Å²) in [6, 6.07) is 0. The minimum atomic E-state index is -3.50. The Morgan fingerprint density at radius 1 is 1.47 bits per heavy atom. The van der Waals surface area contributed by atoms with Crippen LogP contribution in [0.2, 0.25) is 0 Å². The van der Waals surface area contributed by atoms with Crippen LogP contribution in [-0.4, -0.2) is 42.3 Å². The molecule has 7 heteroatoms. The second-order valence-electron chi connectivity index (χ2n) is 4.95. The van der Waals surface area contributed by atoms with Crippen LogP contribution in [-0.2, 0) is 16.4 Å². The molecule has 0 amide bonds. The average molecular weight is 288 g/mol. The lowest BCUT2D eigenvalue weighted by Crippen LogP contribution is -2.36. The van der Waals surface area contributed by atoms with Crippen LogP contribution in [0.15, 0.2) is 11.2 Å². The molecule has 1 aromatic heterocycles. The maximum atomic E-state index is 12.5. The number of sulfonamides is 1. The topological polar surface area (TPSA) is 92.1 Å². The van der Waals surface area contributed by atoms with E-state index < -0.39 is 10.0 Å². The van der Waals surface area contributed by atoms with E-state index >= 15 is 0 Å². The molecule has 0 radical (unpaired) electrons. The zero-order chi connectivity index (χ0) is 14.5. The van der Waals surface area contributed by atoms with Crippen LogP contribution < -0.4 is 5.73 Å². The molecule has 1 rings (SSSR count). The van der Waals surface area contributed by atoms with E-state index in [4.69, 9.17) is 5.73 Å². The van der Waals surface area contributed by atoms with Crippen molar-refractivity contribution in [3.63, 3.8) is 0 Å². The molecule has 110 valence electrons. The van der Waals surface area contributed by atoms with Crippen LogP contribution in [0.25, 0.3) is 0 Å². The molecule has 0 fully saturated rings. The molecular formula is C12H24N4O2S. The van der Waals surface area contributed by atoms with Gasteiger partial charge in [0.05, 0.1) is 6.20 Å². The van der Waals surface area contributed by atoms with Crippen LogP contribution in [0.5, 0.6) is 0 Å². The van der Waals surface area contributed by atoms with Crippen molar-refractivity contribution < 1.29 is 8.42 Å². The first-order chi connectivity index (χ1) is 8.91. The highest BCUT2D eigenvalue weighted by Crippen LogP contribution is 2.16. The van der Waals surface area contributed by atoms with Gasteiger partial charge in [-0.2, -0.15) is 4.31 Å². The van der Waals surface area contributed by atoms with E-state index in [2.05, 4.69) is 9.97 Å². The van der Waals surface area contributed by atoms with Crippen LogP contribution >= 0.6 is 0 Å². The quantitative estimate of drug-likeness (QED) is 0.745. The summed E-state index contributed by atoms with van der Waals surface area (Å²) in [4.78, 5) is 6.92. The highest BCUT2D eigenvalue weighted by atomic mass is 32.2. The van der Waals surface area contributed by atoms with E-state index in [0.717, 1.165) is 0 Å². The molecule has 1 heterocycles. The molecule has 0 unspecified atom stereocenters. The number of nitrogens with zero attached hydrogens (tertiary/aromatic N) is 2. The fourth-order valence-electron chi connectivity index (χ4n) is 1.78. The highest BCUT2D eigenvalue weighted by molar-refractivity contribution is 7.89. The molecule has 19 heavy (non-hydrogen) atoms. The molecule has 0 aromatic carbocycles. The third-order valence-electron chi connectivity index (χ3n) is 2.74. The second kappa shape index (κ2) is 7.02. The van der Waals surface area contributed by atoms with Crippen LogP contribution in [0.4, 0.5) is 0 Å². The number of nitrogens with one attached hydrogen (secondary N) is 1.